The zero-order valence-electron chi connectivity index (χ0n) is 10.9. The largest absolute Gasteiger partial charge is 0.369 e. The summed E-state index contributed by atoms with van der Waals surface area (Å²) in [7, 11) is 0. The van der Waals surface area contributed by atoms with Crippen LogP contribution in [-0.4, -0.2) is 15.7 Å². The summed E-state index contributed by atoms with van der Waals surface area (Å²) >= 11 is 0. The average Bonchev–Trinajstić information content (AvgIpc) is 2.86. The Morgan fingerprint density at radius 1 is 1.24 bits per heavy atom. The van der Waals surface area contributed by atoms with E-state index in [1.165, 1.54) is 0 Å². The number of hydrogen-bond acceptors (Lipinski definition) is 2. The second-order valence-electron chi connectivity index (χ2n) is 5.09. The minimum atomic E-state index is -1.50. The predicted molar refractivity (Wildman–Crippen MR) is 68.5 cm³/mol. The summed E-state index contributed by atoms with van der Waals surface area (Å²) < 4.78 is 41.2. The molecule has 0 aliphatic carbocycles. The van der Waals surface area contributed by atoms with Gasteiger partial charge in [0.2, 0.25) is 5.91 Å². The molecule has 0 spiro atoms. The number of amides is 1. The van der Waals surface area contributed by atoms with Gasteiger partial charge in [0, 0.05) is 30.1 Å². The number of nitrogens with zero attached hydrogens (tertiary/aromatic N) is 2. The number of carbonyl (C=O) groups excluding carboxylic acids is 1. The lowest BCUT2D eigenvalue weighted by Gasteiger charge is -2.20. The van der Waals surface area contributed by atoms with Crippen LogP contribution in [0.3, 0.4) is 0 Å². The number of nitrogens with two attached hydrogens (primary N) is 1. The van der Waals surface area contributed by atoms with Gasteiger partial charge in [-0.15, -0.1) is 0 Å². The van der Waals surface area contributed by atoms with Crippen molar-refractivity contribution in [2.75, 3.05) is 0 Å². The van der Waals surface area contributed by atoms with Crippen molar-refractivity contribution in [1.82, 2.24) is 9.78 Å². The molecule has 7 heteroatoms. The molecule has 1 amide bonds. The van der Waals surface area contributed by atoms with Gasteiger partial charge in [-0.05, 0) is 24.6 Å². The minimum Gasteiger partial charge on any atom is -0.369 e. The number of hydrogen-bond donors (Lipinski definition) is 1. The van der Waals surface area contributed by atoms with Crippen molar-refractivity contribution in [1.29, 1.82) is 0 Å². The highest BCUT2D eigenvalue weighted by atomic mass is 19.2. The SMILES string of the molecule is NC(=O)C1CCn2nc(-c3cc(F)c(F)c(F)c3)cc2C1. The molecule has 0 radical (unpaired) electrons. The first-order valence-electron chi connectivity index (χ1n) is 6.46. The Balaban J connectivity index is 1.97. The molecule has 1 aliphatic heterocycles. The van der Waals surface area contributed by atoms with Crippen LogP contribution in [0.25, 0.3) is 11.3 Å². The topological polar surface area (TPSA) is 60.9 Å². The number of benzene rings is 1. The van der Waals surface area contributed by atoms with Crippen LogP contribution in [0, 0.1) is 23.4 Å². The van der Waals surface area contributed by atoms with Gasteiger partial charge in [-0.3, -0.25) is 9.48 Å². The molecule has 0 saturated heterocycles. The number of carbonyl (C=O) groups is 1. The molecule has 4 nitrogen and oxygen atoms in total. The monoisotopic (exact) mass is 295 g/mol. The molecular formula is C14H12F3N3O. The fourth-order valence-electron chi connectivity index (χ4n) is 2.53. The molecule has 2 aromatic rings. The highest BCUT2D eigenvalue weighted by Gasteiger charge is 2.25. The van der Waals surface area contributed by atoms with Gasteiger partial charge in [-0.25, -0.2) is 13.2 Å². The predicted octanol–water partition coefficient (Wildman–Crippen LogP) is 2.02. The highest BCUT2D eigenvalue weighted by molar-refractivity contribution is 5.77. The van der Waals surface area contributed by atoms with E-state index >= 15 is 0 Å². The summed E-state index contributed by atoms with van der Waals surface area (Å²) in [5.74, 6) is -4.65. The van der Waals surface area contributed by atoms with Gasteiger partial charge in [0.05, 0.1) is 5.69 Å². The third-order valence-corrected chi connectivity index (χ3v) is 3.69. The lowest BCUT2D eigenvalue weighted by molar-refractivity contribution is -0.122. The second kappa shape index (κ2) is 4.91. The standard InChI is InChI=1S/C14H12F3N3O/c15-10-4-8(5-11(16)13(10)17)12-6-9-3-7(14(18)21)1-2-20(9)19-12/h4-7H,1-3H2,(H2,18,21). The number of aromatic nitrogens is 2. The molecular weight excluding hydrogens is 283 g/mol. The van der Waals surface area contributed by atoms with Crippen molar-refractivity contribution >= 4 is 5.91 Å². The molecule has 1 unspecified atom stereocenters. The maximum atomic E-state index is 13.3. The smallest absolute Gasteiger partial charge is 0.220 e. The van der Waals surface area contributed by atoms with E-state index in [1.807, 2.05) is 0 Å². The molecule has 1 atom stereocenters. The van der Waals surface area contributed by atoms with Crippen molar-refractivity contribution in [3.8, 4) is 11.3 Å². The third kappa shape index (κ3) is 2.39. The Kier molecular flexibility index (Phi) is 3.19. The van der Waals surface area contributed by atoms with E-state index in [4.69, 9.17) is 5.73 Å². The molecule has 21 heavy (non-hydrogen) atoms. The minimum absolute atomic E-state index is 0.156. The fraction of sp³-hybridized carbons (Fsp3) is 0.286. The van der Waals surface area contributed by atoms with E-state index in [0.717, 1.165) is 17.8 Å². The number of halogens is 3. The van der Waals surface area contributed by atoms with E-state index in [2.05, 4.69) is 5.10 Å². The average molecular weight is 295 g/mol. The zero-order valence-corrected chi connectivity index (χ0v) is 10.9. The Labute approximate surface area is 118 Å². The zero-order chi connectivity index (χ0) is 15.1. The van der Waals surface area contributed by atoms with Gasteiger partial charge in [0.25, 0.3) is 0 Å². The number of aryl methyl sites for hydroxylation is 1. The lowest BCUT2D eigenvalue weighted by atomic mass is 9.95. The molecule has 2 N–H and O–H groups in total. The molecule has 1 aromatic heterocycles. The Bertz CT molecular complexity index is 703. The Morgan fingerprint density at radius 2 is 1.90 bits per heavy atom. The molecule has 3 rings (SSSR count). The highest BCUT2D eigenvalue weighted by Crippen LogP contribution is 2.27. The molecule has 0 fully saturated rings. The van der Waals surface area contributed by atoms with Gasteiger partial charge >= 0.3 is 0 Å². The van der Waals surface area contributed by atoms with Gasteiger partial charge in [0.15, 0.2) is 17.5 Å². The summed E-state index contributed by atoms with van der Waals surface area (Å²) in [6, 6.07) is 3.44. The van der Waals surface area contributed by atoms with E-state index in [-0.39, 0.29) is 17.4 Å². The first-order chi connectivity index (χ1) is 9.95. The van der Waals surface area contributed by atoms with Crippen LogP contribution in [0.1, 0.15) is 12.1 Å². The molecule has 2 heterocycles. The van der Waals surface area contributed by atoms with E-state index in [1.54, 1.807) is 10.7 Å². The third-order valence-electron chi connectivity index (χ3n) is 3.69. The fourth-order valence-corrected chi connectivity index (χ4v) is 2.53. The van der Waals surface area contributed by atoms with Crippen molar-refractivity contribution in [2.45, 2.75) is 19.4 Å². The van der Waals surface area contributed by atoms with Crippen LogP contribution < -0.4 is 5.73 Å². The van der Waals surface area contributed by atoms with Crippen LogP contribution in [0.2, 0.25) is 0 Å². The summed E-state index contributed by atoms with van der Waals surface area (Å²) in [4.78, 5) is 11.2. The van der Waals surface area contributed by atoms with Crippen LogP contribution in [0.4, 0.5) is 13.2 Å². The number of rotatable bonds is 2. The van der Waals surface area contributed by atoms with E-state index in [0.29, 0.717) is 25.1 Å². The van der Waals surface area contributed by atoms with Crippen LogP contribution in [0.15, 0.2) is 18.2 Å². The van der Waals surface area contributed by atoms with Gasteiger partial charge in [0.1, 0.15) is 0 Å². The summed E-state index contributed by atoms with van der Waals surface area (Å²) in [5.41, 5.74) is 6.55. The van der Waals surface area contributed by atoms with Crippen molar-refractivity contribution < 1.29 is 18.0 Å². The second-order valence-corrected chi connectivity index (χ2v) is 5.09. The molecule has 0 saturated carbocycles. The number of primary amides is 1. The molecule has 1 aliphatic rings. The van der Waals surface area contributed by atoms with Crippen LogP contribution in [-0.2, 0) is 17.8 Å². The summed E-state index contributed by atoms with van der Waals surface area (Å²) in [6.07, 6.45) is 1.02. The molecule has 110 valence electrons. The lowest BCUT2D eigenvalue weighted by Crippen LogP contribution is -2.30. The normalized spacial score (nSPS) is 17.6. The van der Waals surface area contributed by atoms with Gasteiger partial charge < -0.3 is 5.73 Å². The summed E-state index contributed by atoms with van der Waals surface area (Å²) in [6.45, 7) is 0.509. The molecule has 1 aromatic carbocycles. The molecule has 0 bridgehead atoms. The first kappa shape index (κ1) is 13.7. The van der Waals surface area contributed by atoms with Crippen molar-refractivity contribution in [3.05, 3.63) is 41.3 Å². The maximum absolute atomic E-state index is 13.3. The van der Waals surface area contributed by atoms with Crippen LogP contribution in [0.5, 0.6) is 0 Å². The van der Waals surface area contributed by atoms with Crippen LogP contribution >= 0.6 is 0 Å². The van der Waals surface area contributed by atoms with E-state index in [9.17, 15) is 18.0 Å². The quantitative estimate of drug-likeness (QED) is 0.862. The van der Waals surface area contributed by atoms with E-state index < -0.39 is 17.5 Å². The summed E-state index contributed by atoms with van der Waals surface area (Å²) in [5, 5.41) is 4.24. The van der Waals surface area contributed by atoms with Crippen molar-refractivity contribution in [3.63, 3.8) is 0 Å². The Hall–Kier alpha value is -2.31. The number of fused-ring (bicyclic) bond motifs is 1. The Morgan fingerprint density at radius 3 is 2.52 bits per heavy atom. The maximum Gasteiger partial charge on any atom is 0.220 e. The van der Waals surface area contributed by atoms with Gasteiger partial charge in [-0.2, -0.15) is 5.10 Å². The van der Waals surface area contributed by atoms with Crippen molar-refractivity contribution in [2.24, 2.45) is 11.7 Å². The first-order valence-corrected chi connectivity index (χ1v) is 6.46. The van der Waals surface area contributed by atoms with Gasteiger partial charge in [-0.1, -0.05) is 0 Å².